The number of anilines is 2. The Labute approximate surface area is 104 Å². The van der Waals surface area contributed by atoms with Gasteiger partial charge in [-0.2, -0.15) is 0 Å². The van der Waals surface area contributed by atoms with Crippen LogP contribution in [0.1, 0.15) is 45.4 Å². The fourth-order valence-electron chi connectivity index (χ4n) is 1.71. The van der Waals surface area contributed by atoms with Crippen LogP contribution in [0.5, 0.6) is 0 Å². The Morgan fingerprint density at radius 1 is 1.00 bits per heavy atom. The Morgan fingerprint density at radius 2 is 1.71 bits per heavy atom. The number of rotatable bonds is 9. The van der Waals surface area contributed by atoms with Crippen molar-refractivity contribution in [1.82, 2.24) is 9.97 Å². The lowest BCUT2D eigenvalue weighted by atomic mass is 10.1. The minimum absolute atomic E-state index is 0.852. The molecule has 0 saturated heterocycles. The second-order valence-corrected chi connectivity index (χ2v) is 4.23. The molecule has 0 aliphatic heterocycles. The van der Waals surface area contributed by atoms with E-state index in [0.29, 0.717) is 0 Å². The van der Waals surface area contributed by atoms with E-state index in [1.807, 2.05) is 13.1 Å². The van der Waals surface area contributed by atoms with Crippen LogP contribution in [0.25, 0.3) is 0 Å². The van der Waals surface area contributed by atoms with E-state index >= 15 is 0 Å². The predicted molar refractivity (Wildman–Crippen MR) is 73.4 cm³/mol. The van der Waals surface area contributed by atoms with Gasteiger partial charge in [-0.1, -0.05) is 39.0 Å². The van der Waals surface area contributed by atoms with Gasteiger partial charge in [0.2, 0.25) is 0 Å². The summed E-state index contributed by atoms with van der Waals surface area (Å²) in [6, 6.07) is 1.93. The van der Waals surface area contributed by atoms with Gasteiger partial charge in [-0.15, -0.1) is 0 Å². The summed E-state index contributed by atoms with van der Waals surface area (Å²) in [5.74, 6) is 1.75. The van der Waals surface area contributed by atoms with Gasteiger partial charge in [-0.3, -0.25) is 0 Å². The highest BCUT2D eigenvalue weighted by molar-refractivity contribution is 5.45. The molecule has 1 aromatic rings. The van der Waals surface area contributed by atoms with Crippen LogP contribution in [0, 0.1) is 0 Å². The third kappa shape index (κ3) is 6.09. The van der Waals surface area contributed by atoms with Crippen molar-refractivity contribution in [3.05, 3.63) is 12.4 Å². The SMILES string of the molecule is CCCCCCCCNc1cc(NC)ncn1. The molecule has 0 saturated carbocycles. The number of aromatic nitrogens is 2. The van der Waals surface area contributed by atoms with E-state index in [0.717, 1.165) is 18.2 Å². The average molecular weight is 236 g/mol. The molecule has 2 N–H and O–H groups in total. The first-order valence-electron chi connectivity index (χ1n) is 6.60. The predicted octanol–water partition coefficient (Wildman–Crippen LogP) is 3.29. The van der Waals surface area contributed by atoms with Crippen LogP contribution in [0.4, 0.5) is 11.6 Å². The lowest BCUT2D eigenvalue weighted by molar-refractivity contribution is 0.617. The fraction of sp³-hybridized carbons (Fsp3) is 0.692. The third-order valence-corrected chi connectivity index (χ3v) is 2.76. The highest BCUT2D eigenvalue weighted by Gasteiger charge is 1.96. The van der Waals surface area contributed by atoms with Gasteiger partial charge in [0, 0.05) is 19.7 Å². The van der Waals surface area contributed by atoms with Crippen LogP contribution in [0.15, 0.2) is 12.4 Å². The molecule has 0 aliphatic carbocycles. The van der Waals surface area contributed by atoms with Crippen molar-refractivity contribution in [2.45, 2.75) is 45.4 Å². The van der Waals surface area contributed by atoms with Crippen molar-refractivity contribution in [3.8, 4) is 0 Å². The maximum absolute atomic E-state index is 4.17. The van der Waals surface area contributed by atoms with Gasteiger partial charge in [0.1, 0.15) is 18.0 Å². The molecule has 0 fully saturated rings. The van der Waals surface area contributed by atoms with Gasteiger partial charge in [0.25, 0.3) is 0 Å². The standard InChI is InChI=1S/C13H24N4/c1-3-4-5-6-7-8-9-15-13-10-12(14-2)16-11-17-13/h10-11H,3-9H2,1-2H3,(H2,14,15,16,17). The first-order valence-corrected chi connectivity index (χ1v) is 6.60. The molecule has 0 bridgehead atoms. The van der Waals surface area contributed by atoms with E-state index in [9.17, 15) is 0 Å². The molecule has 1 heterocycles. The minimum Gasteiger partial charge on any atom is -0.373 e. The zero-order valence-corrected chi connectivity index (χ0v) is 11.0. The quantitative estimate of drug-likeness (QED) is 0.646. The number of hydrogen-bond donors (Lipinski definition) is 2. The molecule has 0 radical (unpaired) electrons. The van der Waals surface area contributed by atoms with Gasteiger partial charge in [-0.05, 0) is 6.42 Å². The molecule has 1 rings (SSSR count). The van der Waals surface area contributed by atoms with Crippen LogP contribution >= 0.6 is 0 Å². The molecular weight excluding hydrogens is 212 g/mol. The molecule has 0 amide bonds. The highest BCUT2D eigenvalue weighted by atomic mass is 15.0. The van der Waals surface area contributed by atoms with Crippen molar-refractivity contribution < 1.29 is 0 Å². The molecule has 1 aromatic heterocycles. The molecule has 0 atom stereocenters. The lowest BCUT2D eigenvalue weighted by Gasteiger charge is -2.06. The summed E-state index contributed by atoms with van der Waals surface area (Å²) in [6.45, 7) is 3.24. The molecule has 17 heavy (non-hydrogen) atoms. The van der Waals surface area contributed by atoms with E-state index < -0.39 is 0 Å². The van der Waals surface area contributed by atoms with E-state index in [-0.39, 0.29) is 0 Å². The molecule has 0 aliphatic rings. The second kappa shape index (κ2) is 8.79. The largest absolute Gasteiger partial charge is 0.373 e. The summed E-state index contributed by atoms with van der Waals surface area (Å²) in [5.41, 5.74) is 0. The smallest absolute Gasteiger partial charge is 0.131 e. The first-order chi connectivity index (χ1) is 8.36. The Kier molecular flexibility index (Phi) is 7.11. The number of unbranched alkanes of at least 4 members (excludes halogenated alkanes) is 5. The first kappa shape index (κ1) is 13.7. The van der Waals surface area contributed by atoms with Crippen LogP contribution in [0.2, 0.25) is 0 Å². The van der Waals surface area contributed by atoms with Crippen molar-refractivity contribution in [3.63, 3.8) is 0 Å². The monoisotopic (exact) mass is 236 g/mol. The van der Waals surface area contributed by atoms with Crippen molar-refractivity contribution >= 4 is 11.6 Å². The molecule has 0 spiro atoms. The molecular formula is C13H24N4. The summed E-state index contributed by atoms with van der Waals surface area (Å²) < 4.78 is 0. The summed E-state index contributed by atoms with van der Waals surface area (Å²) in [5, 5.41) is 6.32. The lowest BCUT2D eigenvalue weighted by Crippen LogP contribution is -2.04. The summed E-state index contributed by atoms with van der Waals surface area (Å²) in [7, 11) is 1.86. The van der Waals surface area contributed by atoms with E-state index in [2.05, 4.69) is 27.5 Å². The average Bonchev–Trinajstić information content (AvgIpc) is 2.38. The summed E-state index contributed by atoms with van der Waals surface area (Å²) >= 11 is 0. The number of nitrogens with one attached hydrogen (secondary N) is 2. The van der Waals surface area contributed by atoms with Crippen molar-refractivity contribution in [2.75, 3.05) is 24.2 Å². The van der Waals surface area contributed by atoms with E-state index in [4.69, 9.17) is 0 Å². The Morgan fingerprint density at radius 3 is 2.47 bits per heavy atom. The van der Waals surface area contributed by atoms with Crippen LogP contribution < -0.4 is 10.6 Å². The van der Waals surface area contributed by atoms with E-state index in [1.54, 1.807) is 6.33 Å². The maximum atomic E-state index is 4.17. The van der Waals surface area contributed by atoms with Gasteiger partial charge < -0.3 is 10.6 Å². The zero-order chi connectivity index (χ0) is 12.3. The van der Waals surface area contributed by atoms with Crippen LogP contribution in [-0.4, -0.2) is 23.6 Å². The van der Waals surface area contributed by atoms with Crippen molar-refractivity contribution in [1.29, 1.82) is 0 Å². The van der Waals surface area contributed by atoms with Gasteiger partial charge in [0.05, 0.1) is 0 Å². The molecule has 96 valence electrons. The molecule has 4 heteroatoms. The van der Waals surface area contributed by atoms with E-state index in [1.165, 1.54) is 38.5 Å². The van der Waals surface area contributed by atoms with Crippen LogP contribution in [-0.2, 0) is 0 Å². The molecule has 4 nitrogen and oxygen atoms in total. The third-order valence-electron chi connectivity index (χ3n) is 2.76. The maximum Gasteiger partial charge on any atom is 0.131 e. The van der Waals surface area contributed by atoms with Gasteiger partial charge in [0.15, 0.2) is 0 Å². The minimum atomic E-state index is 0.852. The summed E-state index contributed by atoms with van der Waals surface area (Å²) in [6.07, 6.45) is 9.49. The zero-order valence-electron chi connectivity index (χ0n) is 11.0. The Bertz CT molecular complexity index is 301. The topological polar surface area (TPSA) is 49.8 Å². The highest BCUT2D eigenvalue weighted by Crippen LogP contribution is 2.09. The number of nitrogens with zero attached hydrogens (tertiary/aromatic N) is 2. The second-order valence-electron chi connectivity index (χ2n) is 4.23. The summed E-state index contributed by atoms with van der Waals surface area (Å²) in [4.78, 5) is 8.25. The van der Waals surface area contributed by atoms with Gasteiger partial charge >= 0.3 is 0 Å². The molecule has 0 aromatic carbocycles. The Hall–Kier alpha value is -1.32. The fourth-order valence-corrected chi connectivity index (χ4v) is 1.71. The van der Waals surface area contributed by atoms with Crippen molar-refractivity contribution in [2.24, 2.45) is 0 Å². The normalized spacial score (nSPS) is 10.2. The number of hydrogen-bond acceptors (Lipinski definition) is 4. The molecule has 0 unspecified atom stereocenters. The van der Waals surface area contributed by atoms with Crippen LogP contribution in [0.3, 0.4) is 0 Å². The Balaban J connectivity index is 2.09. The van der Waals surface area contributed by atoms with Gasteiger partial charge in [-0.25, -0.2) is 9.97 Å².